The van der Waals surface area contributed by atoms with Crippen LogP contribution in [0.25, 0.3) is 6.08 Å². The summed E-state index contributed by atoms with van der Waals surface area (Å²) in [5.74, 6) is -2.43. The van der Waals surface area contributed by atoms with Crippen LogP contribution in [0.4, 0.5) is 4.39 Å². The first-order valence-corrected chi connectivity index (χ1v) is 9.20. The molecular formula is C22H19FO5. The maximum atomic E-state index is 13.8. The fourth-order valence-electron chi connectivity index (χ4n) is 3.45. The van der Waals surface area contributed by atoms with Gasteiger partial charge in [-0.1, -0.05) is 36.4 Å². The van der Waals surface area contributed by atoms with Crippen molar-refractivity contribution in [2.45, 2.75) is 38.1 Å². The molecule has 1 saturated heterocycles. The minimum absolute atomic E-state index is 0.0187. The van der Waals surface area contributed by atoms with Gasteiger partial charge in [-0.25, -0.2) is 14.0 Å². The van der Waals surface area contributed by atoms with Crippen LogP contribution >= 0.6 is 0 Å². The Balaban J connectivity index is 1.56. The number of carbonyl (C=O) groups excluding carboxylic acids is 2. The maximum Gasteiger partial charge on any atom is 0.348 e. The third-order valence-corrected chi connectivity index (χ3v) is 4.92. The number of benzene rings is 2. The van der Waals surface area contributed by atoms with E-state index in [2.05, 4.69) is 0 Å². The van der Waals surface area contributed by atoms with Crippen molar-refractivity contribution in [1.82, 2.24) is 0 Å². The van der Waals surface area contributed by atoms with E-state index < -0.39 is 17.7 Å². The average Bonchev–Trinajstić information content (AvgIpc) is 3.12. The average molecular weight is 382 g/mol. The van der Waals surface area contributed by atoms with Gasteiger partial charge in [-0.2, -0.15) is 0 Å². The van der Waals surface area contributed by atoms with E-state index in [4.69, 9.17) is 14.2 Å². The lowest BCUT2D eigenvalue weighted by molar-refractivity contribution is -0.232. The molecule has 1 heterocycles. The zero-order chi connectivity index (χ0) is 19.6. The van der Waals surface area contributed by atoms with Crippen LogP contribution in [0.5, 0.6) is 5.75 Å². The molecule has 1 spiro atoms. The van der Waals surface area contributed by atoms with Crippen LogP contribution in [-0.4, -0.2) is 17.7 Å². The lowest BCUT2D eigenvalue weighted by Crippen LogP contribution is -2.44. The second-order valence-corrected chi connectivity index (χ2v) is 6.87. The molecule has 2 fully saturated rings. The summed E-state index contributed by atoms with van der Waals surface area (Å²) in [6.45, 7) is 0.0187. The molecule has 2 aliphatic rings. The van der Waals surface area contributed by atoms with E-state index in [1.165, 1.54) is 12.1 Å². The molecule has 1 aliphatic carbocycles. The third kappa shape index (κ3) is 3.63. The summed E-state index contributed by atoms with van der Waals surface area (Å²) < 4.78 is 30.4. The van der Waals surface area contributed by atoms with Gasteiger partial charge in [0.05, 0.1) is 0 Å². The lowest BCUT2D eigenvalue weighted by atomic mass is 10.1. The van der Waals surface area contributed by atoms with Gasteiger partial charge in [0.25, 0.3) is 5.79 Å². The number of esters is 2. The van der Waals surface area contributed by atoms with E-state index in [9.17, 15) is 14.0 Å². The summed E-state index contributed by atoms with van der Waals surface area (Å²) in [7, 11) is 0. The van der Waals surface area contributed by atoms with Gasteiger partial charge in [0.2, 0.25) is 0 Å². The van der Waals surface area contributed by atoms with E-state index >= 15 is 0 Å². The van der Waals surface area contributed by atoms with Crippen LogP contribution in [0.2, 0.25) is 0 Å². The second kappa shape index (κ2) is 7.46. The fourth-order valence-corrected chi connectivity index (χ4v) is 3.45. The van der Waals surface area contributed by atoms with Gasteiger partial charge in [0, 0.05) is 24.0 Å². The summed E-state index contributed by atoms with van der Waals surface area (Å²) in [5.41, 5.74) is 0.731. The quantitative estimate of drug-likeness (QED) is 0.451. The molecule has 28 heavy (non-hydrogen) atoms. The number of rotatable bonds is 4. The summed E-state index contributed by atoms with van der Waals surface area (Å²) in [6, 6.07) is 13.2. The number of carbonyl (C=O) groups is 2. The monoisotopic (exact) mass is 382 g/mol. The topological polar surface area (TPSA) is 61.8 Å². The Morgan fingerprint density at radius 1 is 0.964 bits per heavy atom. The van der Waals surface area contributed by atoms with Crippen LogP contribution in [-0.2, 0) is 25.7 Å². The Labute approximate surface area is 161 Å². The molecule has 0 aromatic heterocycles. The number of para-hydroxylation sites is 1. The standard InChI is InChI=1S/C22H19FO5/c23-18-9-3-1-8-16(18)14-26-19-10-4-2-7-15(19)13-17-20(24)27-22(28-21(17)25)11-5-6-12-22/h1-4,7-10,13H,5-6,11-12,14H2. The highest BCUT2D eigenvalue weighted by molar-refractivity contribution is 6.19. The van der Waals surface area contributed by atoms with Crippen molar-refractivity contribution in [1.29, 1.82) is 0 Å². The molecule has 0 radical (unpaired) electrons. The van der Waals surface area contributed by atoms with E-state index in [0.717, 1.165) is 12.8 Å². The number of halogens is 1. The van der Waals surface area contributed by atoms with Crippen LogP contribution in [0.1, 0.15) is 36.8 Å². The largest absolute Gasteiger partial charge is 0.488 e. The van der Waals surface area contributed by atoms with Crippen molar-refractivity contribution < 1.29 is 28.2 Å². The van der Waals surface area contributed by atoms with Crippen molar-refractivity contribution in [2.75, 3.05) is 0 Å². The fraction of sp³-hybridized carbons (Fsp3) is 0.273. The molecule has 144 valence electrons. The predicted octanol–water partition coefficient (Wildman–Crippen LogP) is 4.16. The van der Waals surface area contributed by atoms with Gasteiger partial charge in [-0.15, -0.1) is 0 Å². The van der Waals surface area contributed by atoms with Crippen molar-refractivity contribution in [3.8, 4) is 5.75 Å². The molecule has 0 atom stereocenters. The van der Waals surface area contributed by atoms with Crippen molar-refractivity contribution in [3.05, 3.63) is 71.0 Å². The third-order valence-electron chi connectivity index (χ3n) is 4.92. The highest BCUT2D eigenvalue weighted by atomic mass is 19.1. The SMILES string of the molecule is O=C1OC2(CCCC2)OC(=O)C1=Cc1ccccc1OCc1ccccc1F. The number of ether oxygens (including phenoxy) is 3. The zero-order valence-electron chi connectivity index (χ0n) is 15.2. The van der Waals surface area contributed by atoms with Gasteiger partial charge in [-0.3, -0.25) is 0 Å². The summed E-state index contributed by atoms with van der Waals surface area (Å²) in [4.78, 5) is 24.8. The maximum absolute atomic E-state index is 13.8. The Hall–Kier alpha value is -3.15. The van der Waals surface area contributed by atoms with E-state index in [0.29, 0.717) is 29.7 Å². The number of hydrogen-bond donors (Lipinski definition) is 0. The van der Waals surface area contributed by atoms with Crippen LogP contribution in [0.15, 0.2) is 54.1 Å². The summed E-state index contributed by atoms with van der Waals surface area (Å²) in [6.07, 6.45) is 4.15. The molecule has 1 aliphatic heterocycles. The van der Waals surface area contributed by atoms with Gasteiger partial charge >= 0.3 is 11.9 Å². The lowest BCUT2D eigenvalue weighted by Gasteiger charge is -2.32. The second-order valence-electron chi connectivity index (χ2n) is 6.87. The Morgan fingerprint density at radius 2 is 1.61 bits per heavy atom. The van der Waals surface area contributed by atoms with Gasteiger partial charge in [-0.05, 0) is 31.1 Å². The number of hydrogen-bond acceptors (Lipinski definition) is 5. The highest BCUT2D eigenvalue weighted by Crippen LogP contribution is 2.39. The molecule has 2 aromatic carbocycles. The van der Waals surface area contributed by atoms with Crippen molar-refractivity contribution in [2.24, 2.45) is 0 Å². The molecule has 2 aromatic rings. The van der Waals surface area contributed by atoms with Gasteiger partial charge < -0.3 is 14.2 Å². The molecule has 5 nitrogen and oxygen atoms in total. The molecule has 4 rings (SSSR count). The summed E-state index contributed by atoms with van der Waals surface area (Å²) >= 11 is 0. The van der Waals surface area contributed by atoms with Gasteiger partial charge in [0.1, 0.15) is 23.7 Å². The molecule has 0 unspecified atom stereocenters. The first-order chi connectivity index (χ1) is 13.6. The van der Waals surface area contributed by atoms with E-state index in [-0.39, 0.29) is 18.0 Å². The van der Waals surface area contributed by atoms with Crippen LogP contribution in [0, 0.1) is 5.82 Å². The smallest absolute Gasteiger partial charge is 0.348 e. The van der Waals surface area contributed by atoms with Crippen LogP contribution < -0.4 is 4.74 Å². The first-order valence-electron chi connectivity index (χ1n) is 9.20. The molecule has 0 bridgehead atoms. The molecule has 0 amide bonds. The van der Waals surface area contributed by atoms with Gasteiger partial charge in [0.15, 0.2) is 0 Å². The van der Waals surface area contributed by atoms with Crippen LogP contribution in [0.3, 0.4) is 0 Å². The predicted molar refractivity (Wildman–Crippen MR) is 98.5 cm³/mol. The van der Waals surface area contributed by atoms with E-state index in [1.807, 2.05) is 0 Å². The van der Waals surface area contributed by atoms with Crippen molar-refractivity contribution in [3.63, 3.8) is 0 Å². The highest BCUT2D eigenvalue weighted by Gasteiger charge is 2.47. The summed E-state index contributed by atoms with van der Waals surface area (Å²) in [5, 5.41) is 0. The minimum atomic E-state index is -1.10. The Bertz CT molecular complexity index is 921. The molecule has 1 saturated carbocycles. The Morgan fingerprint density at radius 3 is 2.32 bits per heavy atom. The zero-order valence-corrected chi connectivity index (χ0v) is 15.2. The van der Waals surface area contributed by atoms with Crippen molar-refractivity contribution >= 4 is 18.0 Å². The Kier molecular flexibility index (Phi) is 4.86. The van der Waals surface area contributed by atoms with E-state index in [1.54, 1.807) is 42.5 Å². The molecular weight excluding hydrogens is 363 g/mol. The molecule has 6 heteroatoms. The normalized spacial score (nSPS) is 18.0. The first kappa shape index (κ1) is 18.2. The molecule has 0 N–H and O–H groups in total. The minimum Gasteiger partial charge on any atom is -0.488 e.